The second-order valence-electron chi connectivity index (χ2n) is 5.76. The van der Waals surface area contributed by atoms with Crippen molar-refractivity contribution in [2.75, 3.05) is 6.61 Å². The summed E-state index contributed by atoms with van der Waals surface area (Å²) in [5.74, 6) is -3.42. The maximum atomic E-state index is 12.6. The van der Waals surface area contributed by atoms with E-state index in [1.165, 1.54) is 12.1 Å². The number of hydrogen-bond donors (Lipinski definition) is 2. The highest BCUT2D eigenvalue weighted by Crippen LogP contribution is 2.31. The number of aliphatic carboxylic acids is 2. The predicted octanol–water partition coefficient (Wildman–Crippen LogP) is 3.68. The first-order chi connectivity index (χ1) is 13.7. The molecule has 3 aromatic rings. The van der Waals surface area contributed by atoms with Gasteiger partial charge in [0.2, 0.25) is 0 Å². The van der Waals surface area contributed by atoms with Crippen LogP contribution >= 0.6 is 0 Å². The summed E-state index contributed by atoms with van der Waals surface area (Å²) in [6, 6.07) is 12.7. The molecule has 0 bridgehead atoms. The first-order valence-corrected chi connectivity index (χ1v) is 8.34. The standard InChI is InChI=1S/C17H15F3N2O.C2H2O4/c18-17(19,20)13-5-3-6-14(11-13)23-10-4-9-22-12-21-15-7-1-2-8-16(15)22;3-1(4)2(5)6/h1-3,5-8,11-12H,4,9-10H2;(H,3,4)(H,5,6). The van der Waals surface area contributed by atoms with Gasteiger partial charge < -0.3 is 19.5 Å². The molecule has 0 saturated carbocycles. The van der Waals surface area contributed by atoms with Crippen LogP contribution in [0, 0.1) is 0 Å². The van der Waals surface area contributed by atoms with Crippen molar-refractivity contribution >= 4 is 23.0 Å². The van der Waals surface area contributed by atoms with Gasteiger partial charge in [-0.3, -0.25) is 0 Å². The maximum absolute atomic E-state index is 12.6. The molecule has 1 heterocycles. The van der Waals surface area contributed by atoms with Crippen LogP contribution < -0.4 is 4.74 Å². The molecule has 0 radical (unpaired) electrons. The van der Waals surface area contributed by atoms with Crippen molar-refractivity contribution in [3.8, 4) is 5.75 Å². The molecule has 0 unspecified atom stereocenters. The predicted molar refractivity (Wildman–Crippen MR) is 96.6 cm³/mol. The average Bonchev–Trinajstić information content (AvgIpc) is 3.08. The highest BCUT2D eigenvalue weighted by atomic mass is 19.4. The lowest BCUT2D eigenvalue weighted by Gasteiger charge is -2.10. The Morgan fingerprint density at radius 3 is 2.38 bits per heavy atom. The van der Waals surface area contributed by atoms with Gasteiger partial charge in [0, 0.05) is 6.54 Å². The van der Waals surface area contributed by atoms with E-state index in [1.807, 2.05) is 28.8 Å². The summed E-state index contributed by atoms with van der Waals surface area (Å²) in [5, 5.41) is 14.8. The van der Waals surface area contributed by atoms with Gasteiger partial charge in [-0.05, 0) is 36.8 Å². The molecule has 0 aliphatic heterocycles. The minimum Gasteiger partial charge on any atom is -0.494 e. The summed E-state index contributed by atoms with van der Waals surface area (Å²) in [6.45, 7) is 1.04. The third-order valence-electron chi connectivity index (χ3n) is 3.68. The lowest BCUT2D eigenvalue weighted by Crippen LogP contribution is -2.09. The monoisotopic (exact) mass is 410 g/mol. The largest absolute Gasteiger partial charge is 0.494 e. The molecule has 0 amide bonds. The maximum Gasteiger partial charge on any atom is 0.416 e. The Balaban J connectivity index is 0.000000438. The number of rotatable bonds is 5. The molecule has 29 heavy (non-hydrogen) atoms. The molecule has 2 N–H and O–H groups in total. The molecular formula is C19H17F3N2O5. The fraction of sp³-hybridized carbons (Fsp3) is 0.211. The molecule has 2 aromatic carbocycles. The van der Waals surface area contributed by atoms with Crippen molar-refractivity contribution in [2.24, 2.45) is 0 Å². The van der Waals surface area contributed by atoms with E-state index in [1.54, 1.807) is 6.33 Å². The summed E-state index contributed by atoms with van der Waals surface area (Å²) in [5.41, 5.74) is 1.26. The van der Waals surface area contributed by atoms with Crippen molar-refractivity contribution in [3.05, 3.63) is 60.4 Å². The van der Waals surface area contributed by atoms with Gasteiger partial charge in [-0.1, -0.05) is 18.2 Å². The number of carboxylic acids is 2. The number of imidazole rings is 1. The minimum absolute atomic E-state index is 0.232. The summed E-state index contributed by atoms with van der Waals surface area (Å²) < 4.78 is 45.3. The molecule has 0 fully saturated rings. The first kappa shape index (κ1) is 21.7. The van der Waals surface area contributed by atoms with Crippen molar-refractivity contribution in [1.82, 2.24) is 9.55 Å². The summed E-state index contributed by atoms with van der Waals surface area (Å²) in [4.78, 5) is 22.5. The number of halogens is 3. The number of alkyl halides is 3. The van der Waals surface area contributed by atoms with Gasteiger partial charge in [0.05, 0.1) is 29.5 Å². The smallest absolute Gasteiger partial charge is 0.416 e. The number of benzene rings is 2. The molecular weight excluding hydrogens is 393 g/mol. The van der Waals surface area contributed by atoms with Crippen molar-refractivity contribution in [1.29, 1.82) is 0 Å². The Kier molecular flexibility index (Phi) is 7.18. The zero-order valence-electron chi connectivity index (χ0n) is 15.0. The molecule has 0 aliphatic rings. The molecule has 0 saturated heterocycles. The highest BCUT2D eigenvalue weighted by Gasteiger charge is 2.30. The fourth-order valence-electron chi connectivity index (χ4n) is 2.38. The third kappa shape index (κ3) is 6.52. The van der Waals surface area contributed by atoms with Crippen LogP contribution in [0.3, 0.4) is 0 Å². The lowest BCUT2D eigenvalue weighted by atomic mass is 10.2. The Morgan fingerprint density at radius 1 is 1.03 bits per heavy atom. The highest BCUT2D eigenvalue weighted by molar-refractivity contribution is 6.27. The molecule has 0 spiro atoms. The zero-order valence-corrected chi connectivity index (χ0v) is 15.0. The first-order valence-electron chi connectivity index (χ1n) is 8.34. The van der Waals surface area contributed by atoms with Gasteiger partial charge in [-0.15, -0.1) is 0 Å². The number of hydrogen-bond acceptors (Lipinski definition) is 4. The van der Waals surface area contributed by atoms with E-state index in [4.69, 9.17) is 24.5 Å². The van der Waals surface area contributed by atoms with E-state index < -0.39 is 23.7 Å². The average molecular weight is 410 g/mol. The van der Waals surface area contributed by atoms with Crippen molar-refractivity contribution in [3.63, 3.8) is 0 Å². The topological polar surface area (TPSA) is 102 Å². The lowest BCUT2D eigenvalue weighted by molar-refractivity contribution is -0.159. The number of carbonyl (C=O) groups is 2. The van der Waals surface area contributed by atoms with Gasteiger partial charge in [-0.2, -0.15) is 13.2 Å². The number of ether oxygens (including phenoxy) is 1. The van der Waals surface area contributed by atoms with Crippen LogP contribution in [0.5, 0.6) is 5.75 Å². The number of carboxylic acid groups (broad SMARTS) is 2. The van der Waals surface area contributed by atoms with Gasteiger partial charge in [0.1, 0.15) is 5.75 Å². The third-order valence-corrected chi connectivity index (χ3v) is 3.68. The van der Waals surface area contributed by atoms with E-state index in [0.29, 0.717) is 19.6 Å². The molecule has 0 aliphatic carbocycles. The van der Waals surface area contributed by atoms with Crippen LogP contribution in [-0.4, -0.2) is 38.3 Å². The minimum atomic E-state index is -4.35. The summed E-state index contributed by atoms with van der Waals surface area (Å²) in [7, 11) is 0. The van der Waals surface area contributed by atoms with Gasteiger partial charge in [-0.25, -0.2) is 14.6 Å². The number of nitrogens with zero attached hydrogens (tertiary/aromatic N) is 2. The van der Waals surface area contributed by atoms with Crippen LogP contribution in [0.4, 0.5) is 13.2 Å². The fourth-order valence-corrected chi connectivity index (χ4v) is 2.38. The van der Waals surface area contributed by atoms with Crippen LogP contribution in [0.15, 0.2) is 54.9 Å². The molecule has 154 valence electrons. The zero-order chi connectivity index (χ0) is 21.4. The molecule has 7 nitrogen and oxygen atoms in total. The van der Waals surface area contributed by atoms with Gasteiger partial charge in [0.15, 0.2) is 0 Å². The van der Waals surface area contributed by atoms with E-state index in [9.17, 15) is 13.2 Å². The van der Waals surface area contributed by atoms with Gasteiger partial charge in [0.25, 0.3) is 0 Å². The van der Waals surface area contributed by atoms with E-state index in [0.717, 1.165) is 23.2 Å². The van der Waals surface area contributed by atoms with Crippen LogP contribution in [0.25, 0.3) is 11.0 Å². The second-order valence-corrected chi connectivity index (χ2v) is 5.76. The normalized spacial score (nSPS) is 10.9. The molecule has 10 heteroatoms. The van der Waals surface area contributed by atoms with Crippen molar-refractivity contribution < 1.29 is 37.7 Å². The van der Waals surface area contributed by atoms with Crippen LogP contribution in [0.1, 0.15) is 12.0 Å². The number of aryl methyl sites for hydroxylation is 1. The summed E-state index contributed by atoms with van der Waals surface area (Å²) >= 11 is 0. The number of para-hydroxylation sites is 2. The Hall–Kier alpha value is -3.56. The summed E-state index contributed by atoms with van der Waals surface area (Å²) in [6.07, 6.45) is -1.92. The Bertz CT molecular complexity index is 973. The Morgan fingerprint density at radius 2 is 1.72 bits per heavy atom. The SMILES string of the molecule is FC(F)(F)c1cccc(OCCCn2cnc3ccccc32)c1.O=C(O)C(=O)O. The van der Waals surface area contributed by atoms with Crippen molar-refractivity contribution in [2.45, 2.75) is 19.1 Å². The van der Waals surface area contributed by atoms with Crippen LogP contribution in [0.2, 0.25) is 0 Å². The van der Waals surface area contributed by atoms with E-state index >= 15 is 0 Å². The Labute approximate surface area is 163 Å². The van der Waals surface area contributed by atoms with E-state index in [2.05, 4.69) is 4.98 Å². The van der Waals surface area contributed by atoms with Gasteiger partial charge >= 0.3 is 18.1 Å². The molecule has 0 atom stereocenters. The molecule has 1 aromatic heterocycles. The second kappa shape index (κ2) is 9.58. The molecule has 3 rings (SSSR count). The number of aromatic nitrogens is 2. The number of fused-ring (bicyclic) bond motifs is 1. The van der Waals surface area contributed by atoms with Crippen LogP contribution in [-0.2, 0) is 22.3 Å². The van der Waals surface area contributed by atoms with E-state index in [-0.39, 0.29) is 5.75 Å². The quantitative estimate of drug-likeness (QED) is 0.492.